The van der Waals surface area contributed by atoms with Crippen LogP contribution in [0.15, 0.2) is 48.5 Å². The molecule has 0 aliphatic carbocycles. The third-order valence-electron chi connectivity index (χ3n) is 3.17. The summed E-state index contributed by atoms with van der Waals surface area (Å²) in [6, 6.07) is 14.4. The Morgan fingerprint density at radius 1 is 1.05 bits per heavy atom. The molecule has 0 amide bonds. The molecule has 2 aromatic rings. The van der Waals surface area contributed by atoms with Gasteiger partial charge in [0.1, 0.15) is 0 Å². The number of ketones is 1. The fraction of sp³-hybridized carbons (Fsp3) is 0.167. The molecule has 1 nitrogen and oxygen atoms in total. The van der Waals surface area contributed by atoms with Crippen molar-refractivity contribution in [2.45, 2.75) is 20.8 Å². The normalized spacial score (nSPS) is 10.9. The van der Waals surface area contributed by atoms with Crippen molar-refractivity contribution < 1.29 is 4.79 Å². The van der Waals surface area contributed by atoms with Crippen LogP contribution in [0.1, 0.15) is 35.3 Å². The van der Waals surface area contributed by atoms with Crippen molar-refractivity contribution in [2.75, 3.05) is 0 Å². The molecule has 0 saturated carbocycles. The van der Waals surface area contributed by atoms with Crippen LogP contribution in [-0.4, -0.2) is 5.78 Å². The third-order valence-corrected chi connectivity index (χ3v) is 3.17. The van der Waals surface area contributed by atoms with Gasteiger partial charge >= 0.3 is 0 Å². The Morgan fingerprint density at radius 3 is 2.32 bits per heavy atom. The summed E-state index contributed by atoms with van der Waals surface area (Å²) in [6.45, 7) is 5.59. The molecule has 0 aliphatic rings. The largest absolute Gasteiger partial charge is 0.294 e. The van der Waals surface area contributed by atoms with E-state index in [1.54, 1.807) is 6.92 Å². The summed E-state index contributed by atoms with van der Waals surface area (Å²) in [7, 11) is 0. The predicted molar refractivity (Wildman–Crippen MR) is 81.3 cm³/mol. The number of rotatable bonds is 3. The molecular formula is C18H18O. The first-order valence-corrected chi connectivity index (χ1v) is 6.47. The highest BCUT2D eigenvalue weighted by molar-refractivity contribution is 6.00. The summed E-state index contributed by atoms with van der Waals surface area (Å²) in [5.41, 5.74) is 5.16. The number of carbonyl (C=O) groups is 1. The lowest BCUT2D eigenvalue weighted by atomic mass is 9.93. The van der Waals surface area contributed by atoms with Crippen molar-refractivity contribution >= 4 is 11.9 Å². The van der Waals surface area contributed by atoms with Crippen LogP contribution in [0.5, 0.6) is 0 Å². The predicted octanol–water partition coefficient (Wildman–Crippen LogP) is 4.90. The van der Waals surface area contributed by atoms with Crippen LogP contribution in [0.3, 0.4) is 0 Å². The van der Waals surface area contributed by atoms with Crippen LogP contribution < -0.4 is 0 Å². The first kappa shape index (κ1) is 13.3. The minimum Gasteiger partial charge on any atom is -0.294 e. The molecular weight excluding hydrogens is 232 g/mol. The molecule has 2 rings (SSSR count). The zero-order valence-electron chi connectivity index (χ0n) is 11.6. The van der Waals surface area contributed by atoms with Crippen LogP contribution in [0.4, 0.5) is 0 Å². The lowest BCUT2D eigenvalue weighted by molar-refractivity contribution is 0.101. The molecule has 0 aromatic heterocycles. The van der Waals surface area contributed by atoms with Gasteiger partial charge in [-0.1, -0.05) is 48.6 Å². The van der Waals surface area contributed by atoms with E-state index < -0.39 is 0 Å². The second kappa shape index (κ2) is 5.66. The Morgan fingerprint density at radius 2 is 1.74 bits per heavy atom. The Kier molecular flexibility index (Phi) is 3.96. The van der Waals surface area contributed by atoms with E-state index in [0.29, 0.717) is 0 Å². The summed E-state index contributed by atoms with van der Waals surface area (Å²) in [5.74, 6) is 0.116. The molecule has 0 radical (unpaired) electrons. The highest BCUT2D eigenvalue weighted by atomic mass is 16.1. The standard InChI is InChI=1S/C18H18O/c1-4-8-16-12-17(15-9-6-5-7-10-15)11-13(2)18(16)14(3)19/h4-12H,1-3H3/b8-4+. The highest BCUT2D eigenvalue weighted by Gasteiger charge is 2.11. The second-order valence-electron chi connectivity index (χ2n) is 4.68. The van der Waals surface area contributed by atoms with Crippen LogP contribution >= 0.6 is 0 Å². The van der Waals surface area contributed by atoms with Crippen molar-refractivity contribution in [3.05, 3.63) is 65.2 Å². The molecule has 96 valence electrons. The Bertz CT molecular complexity index is 622. The number of hydrogen-bond donors (Lipinski definition) is 0. The maximum atomic E-state index is 11.8. The Hall–Kier alpha value is -2.15. The smallest absolute Gasteiger partial charge is 0.160 e. The lowest BCUT2D eigenvalue weighted by Gasteiger charge is -2.11. The molecule has 0 aliphatic heterocycles. The highest BCUT2D eigenvalue weighted by Crippen LogP contribution is 2.26. The molecule has 0 atom stereocenters. The van der Waals surface area contributed by atoms with E-state index in [1.807, 2.05) is 44.2 Å². The zero-order chi connectivity index (χ0) is 13.8. The number of Topliss-reactive ketones (excluding diaryl/α,β-unsaturated/α-hetero) is 1. The SMILES string of the molecule is C/C=C/c1cc(-c2ccccc2)cc(C)c1C(C)=O. The summed E-state index contributed by atoms with van der Waals surface area (Å²) >= 11 is 0. The monoisotopic (exact) mass is 250 g/mol. The van der Waals surface area contributed by atoms with Gasteiger partial charge in [-0.25, -0.2) is 0 Å². The Labute approximate surface area is 114 Å². The molecule has 0 saturated heterocycles. The summed E-state index contributed by atoms with van der Waals surface area (Å²) in [6.07, 6.45) is 3.96. The lowest BCUT2D eigenvalue weighted by Crippen LogP contribution is -2.00. The molecule has 0 unspecified atom stereocenters. The molecule has 0 N–H and O–H groups in total. The third kappa shape index (κ3) is 2.82. The van der Waals surface area contributed by atoms with Crippen molar-refractivity contribution in [1.82, 2.24) is 0 Å². The van der Waals surface area contributed by atoms with Crippen molar-refractivity contribution in [3.63, 3.8) is 0 Å². The van der Waals surface area contributed by atoms with Crippen LogP contribution in [0, 0.1) is 6.92 Å². The van der Waals surface area contributed by atoms with Gasteiger partial charge in [0, 0.05) is 5.56 Å². The fourth-order valence-electron chi connectivity index (χ4n) is 2.40. The van der Waals surface area contributed by atoms with E-state index in [9.17, 15) is 4.79 Å². The van der Waals surface area contributed by atoms with Gasteiger partial charge in [-0.15, -0.1) is 0 Å². The first-order valence-electron chi connectivity index (χ1n) is 6.47. The van der Waals surface area contributed by atoms with Gasteiger partial charge in [-0.3, -0.25) is 4.79 Å². The van der Waals surface area contributed by atoms with Crippen LogP contribution in [-0.2, 0) is 0 Å². The molecule has 0 fully saturated rings. The second-order valence-corrected chi connectivity index (χ2v) is 4.68. The van der Waals surface area contributed by atoms with E-state index in [2.05, 4.69) is 24.3 Å². The van der Waals surface area contributed by atoms with E-state index in [0.717, 1.165) is 22.3 Å². The van der Waals surface area contributed by atoms with Gasteiger partial charge < -0.3 is 0 Å². The molecule has 0 heterocycles. The summed E-state index contributed by atoms with van der Waals surface area (Å²) in [5, 5.41) is 0. The number of aryl methyl sites for hydroxylation is 1. The number of hydrogen-bond acceptors (Lipinski definition) is 1. The Balaban J connectivity index is 2.64. The molecule has 1 heteroatoms. The molecule has 19 heavy (non-hydrogen) atoms. The molecule has 0 bridgehead atoms. The van der Waals surface area contributed by atoms with Crippen molar-refractivity contribution in [2.24, 2.45) is 0 Å². The van der Waals surface area contributed by atoms with Gasteiger partial charge in [0.15, 0.2) is 5.78 Å². The van der Waals surface area contributed by atoms with E-state index in [1.165, 1.54) is 5.56 Å². The average molecular weight is 250 g/mol. The average Bonchev–Trinajstić information content (AvgIpc) is 2.39. The summed E-state index contributed by atoms with van der Waals surface area (Å²) in [4.78, 5) is 11.8. The number of benzene rings is 2. The number of allylic oxidation sites excluding steroid dienone is 1. The van der Waals surface area contributed by atoms with Crippen molar-refractivity contribution in [3.8, 4) is 11.1 Å². The minimum atomic E-state index is 0.116. The van der Waals surface area contributed by atoms with E-state index in [-0.39, 0.29) is 5.78 Å². The van der Waals surface area contributed by atoms with Gasteiger partial charge in [0.05, 0.1) is 0 Å². The van der Waals surface area contributed by atoms with Gasteiger partial charge in [0.25, 0.3) is 0 Å². The zero-order valence-corrected chi connectivity index (χ0v) is 11.6. The van der Waals surface area contributed by atoms with Crippen LogP contribution in [0.25, 0.3) is 17.2 Å². The summed E-state index contributed by atoms with van der Waals surface area (Å²) < 4.78 is 0. The molecule has 0 spiro atoms. The maximum absolute atomic E-state index is 11.8. The fourth-order valence-corrected chi connectivity index (χ4v) is 2.40. The van der Waals surface area contributed by atoms with Crippen molar-refractivity contribution in [1.29, 1.82) is 0 Å². The first-order chi connectivity index (χ1) is 9.13. The van der Waals surface area contributed by atoms with E-state index in [4.69, 9.17) is 0 Å². The number of carbonyl (C=O) groups excluding carboxylic acids is 1. The van der Waals surface area contributed by atoms with Gasteiger partial charge in [0.2, 0.25) is 0 Å². The van der Waals surface area contributed by atoms with Crippen LogP contribution in [0.2, 0.25) is 0 Å². The molecule has 2 aromatic carbocycles. The topological polar surface area (TPSA) is 17.1 Å². The van der Waals surface area contributed by atoms with E-state index >= 15 is 0 Å². The van der Waals surface area contributed by atoms with Gasteiger partial charge in [-0.2, -0.15) is 0 Å². The maximum Gasteiger partial charge on any atom is 0.160 e. The quantitative estimate of drug-likeness (QED) is 0.708. The van der Waals surface area contributed by atoms with Gasteiger partial charge in [-0.05, 0) is 49.1 Å². The minimum absolute atomic E-state index is 0.116.